The summed E-state index contributed by atoms with van der Waals surface area (Å²) in [5, 5.41) is 18.7. The maximum absolute atomic E-state index is 10.6. The van der Waals surface area contributed by atoms with E-state index >= 15 is 0 Å². The van der Waals surface area contributed by atoms with Crippen LogP contribution in [-0.4, -0.2) is 29.4 Å². The van der Waals surface area contributed by atoms with E-state index < -0.39 is 12.6 Å². The molecule has 0 saturated carbocycles. The van der Waals surface area contributed by atoms with Gasteiger partial charge in [-0.1, -0.05) is 18.2 Å². The smallest absolute Gasteiger partial charge is 0.341 e. The lowest BCUT2D eigenvalue weighted by Crippen LogP contribution is -2.09. The van der Waals surface area contributed by atoms with Gasteiger partial charge in [0.1, 0.15) is 5.76 Å². The molecule has 0 atom stereocenters. The molecule has 5 heteroatoms. The van der Waals surface area contributed by atoms with Crippen LogP contribution in [0, 0.1) is 0 Å². The fourth-order valence-electron chi connectivity index (χ4n) is 2.07. The highest BCUT2D eigenvalue weighted by atomic mass is 16.5. The van der Waals surface area contributed by atoms with Crippen LogP contribution >= 0.6 is 0 Å². The zero-order chi connectivity index (χ0) is 14.5. The molecule has 0 aliphatic heterocycles. The maximum atomic E-state index is 10.6. The minimum atomic E-state index is -1.04. The highest BCUT2D eigenvalue weighted by Crippen LogP contribution is 2.33. The van der Waals surface area contributed by atoms with E-state index in [4.69, 9.17) is 19.4 Å². The second-order valence-corrected chi connectivity index (χ2v) is 4.23. The maximum Gasteiger partial charge on any atom is 0.341 e. The number of para-hydroxylation sites is 1. The largest absolute Gasteiger partial charge is 0.479 e. The number of benzene rings is 1. The molecular weight excluding hydrogens is 260 g/mol. The third-order valence-corrected chi connectivity index (χ3v) is 2.84. The Morgan fingerprint density at radius 3 is 2.90 bits per heavy atom. The fraction of sp³-hybridized carbons (Fsp3) is 0.267. The Labute approximate surface area is 116 Å². The summed E-state index contributed by atoms with van der Waals surface area (Å²) in [6.45, 7) is 1.46. The fourth-order valence-corrected chi connectivity index (χ4v) is 2.07. The topological polar surface area (TPSA) is 79.9 Å². The highest BCUT2D eigenvalue weighted by Gasteiger charge is 2.15. The Balaban J connectivity index is 2.51. The number of fused-ring (bicyclic) bond motifs is 1. The van der Waals surface area contributed by atoms with Gasteiger partial charge in [0.05, 0.1) is 0 Å². The van der Waals surface area contributed by atoms with Gasteiger partial charge >= 0.3 is 5.97 Å². The average molecular weight is 276 g/mol. The number of carboxylic acid groups (broad SMARTS) is 1. The number of aliphatic carboxylic acids is 1. The van der Waals surface area contributed by atoms with Crippen molar-refractivity contribution in [3.05, 3.63) is 35.6 Å². The van der Waals surface area contributed by atoms with Crippen LogP contribution in [0.3, 0.4) is 0 Å². The van der Waals surface area contributed by atoms with Crippen molar-refractivity contribution in [2.45, 2.75) is 13.3 Å². The predicted octanol–water partition coefficient (Wildman–Crippen LogP) is 2.46. The first-order valence-corrected chi connectivity index (χ1v) is 6.30. The van der Waals surface area contributed by atoms with Crippen molar-refractivity contribution < 1.29 is 24.2 Å². The van der Waals surface area contributed by atoms with Crippen molar-refractivity contribution >= 4 is 23.0 Å². The third-order valence-electron chi connectivity index (χ3n) is 2.84. The Hall–Kier alpha value is -2.27. The van der Waals surface area contributed by atoms with E-state index in [1.807, 2.05) is 25.1 Å². The first-order valence-electron chi connectivity index (χ1n) is 6.30. The first-order chi connectivity index (χ1) is 9.67. The van der Waals surface area contributed by atoms with Gasteiger partial charge in [-0.05, 0) is 25.5 Å². The number of aliphatic hydroxyl groups is 1. The molecule has 1 aromatic carbocycles. The quantitative estimate of drug-likeness (QED) is 0.847. The van der Waals surface area contributed by atoms with Crippen molar-refractivity contribution in [2.75, 3.05) is 13.2 Å². The van der Waals surface area contributed by atoms with Crippen molar-refractivity contribution in [3.63, 3.8) is 0 Å². The Morgan fingerprint density at radius 1 is 1.45 bits per heavy atom. The summed E-state index contributed by atoms with van der Waals surface area (Å²) in [6, 6.07) is 5.30. The van der Waals surface area contributed by atoms with Crippen LogP contribution in [-0.2, 0) is 11.2 Å². The number of carbonyl (C=O) groups is 1. The molecule has 0 unspecified atom stereocenters. The lowest BCUT2D eigenvalue weighted by Gasteiger charge is -2.03. The molecule has 0 aliphatic rings. The van der Waals surface area contributed by atoms with Gasteiger partial charge < -0.3 is 19.4 Å². The molecule has 0 spiro atoms. The van der Waals surface area contributed by atoms with Crippen LogP contribution in [0.4, 0.5) is 0 Å². The van der Waals surface area contributed by atoms with Gasteiger partial charge in [0.2, 0.25) is 0 Å². The number of carboxylic acids is 1. The van der Waals surface area contributed by atoms with Gasteiger partial charge in [0, 0.05) is 17.6 Å². The van der Waals surface area contributed by atoms with Gasteiger partial charge in [-0.3, -0.25) is 0 Å². The number of allylic oxidation sites excluding steroid dienone is 1. The van der Waals surface area contributed by atoms with E-state index in [1.54, 1.807) is 12.1 Å². The SMILES string of the molecule is C/C=C\c1oc2c(OCC(=O)O)cccc2c1CCO. The lowest BCUT2D eigenvalue weighted by molar-refractivity contribution is -0.139. The van der Waals surface area contributed by atoms with Gasteiger partial charge in [-0.15, -0.1) is 0 Å². The second-order valence-electron chi connectivity index (χ2n) is 4.23. The van der Waals surface area contributed by atoms with E-state index in [1.165, 1.54) is 0 Å². The summed E-state index contributed by atoms with van der Waals surface area (Å²) in [6.07, 6.45) is 4.12. The van der Waals surface area contributed by atoms with Gasteiger partial charge in [0.25, 0.3) is 0 Å². The Morgan fingerprint density at radius 2 is 2.25 bits per heavy atom. The monoisotopic (exact) mass is 276 g/mol. The lowest BCUT2D eigenvalue weighted by atomic mass is 10.1. The minimum absolute atomic E-state index is 0.0133. The van der Waals surface area contributed by atoms with Crippen LogP contribution < -0.4 is 4.74 Å². The van der Waals surface area contributed by atoms with Crippen LogP contribution in [0.5, 0.6) is 5.75 Å². The Kier molecular flexibility index (Phi) is 4.42. The summed E-state index contributed by atoms with van der Waals surface area (Å²) in [5.74, 6) is 0.000543. The van der Waals surface area contributed by atoms with Crippen LogP contribution in [0.15, 0.2) is 28.7 Å². The van der Waals surface area contributed by atoms with Crippen LogP contribution in [0.2, 0.25) is 0 Å². The number of rotatable bonds is 6. The molecule has 20 heavy (non-hydrogen) atoms. The molecule has 1 heterocycles. The van der Waals surface area contributed by atoms with Gasteiger partial charge in [-0.2, -0.15) is 0 Å². The number of hydrogen-bond acceptors (Lipinski definition) is 4. The summed E-state index contributed by atoms with van der Waals surface area (Å²) in [4.78, 5) is 10.6. The van der Waals surface area contributed by atoms with E-state index in [0.29, 0.717) is 23.5 Å². The first kappa shape index (κ1) is 14.1. The van der Waals surface area contributed by atoms with Gasteiger partial charge in [-0.25, -0.2) is 4.79 Å². The van der Waals surface area contributed by atoms with E-state index in [-0.39, 0.29) is 6.61 Å². The molecule has 2 N–H and O–H groups in total. The third kappa shape index (κ3) is 2.83. The average Bonchev–Trinajstić information content (AvgIpc) is 2.76. The molecule has 0 aliphatic carbocycles. The molecule has 0 amide bonds. The summed E-state index contributed by atoms with van der Waals surface area (Å²) >= 11 is 0. The van der Waals surface area contributed by atoms with Crippen LogP contribution in [0.1, 0.15) is 18.2 Å². The predicted molar refractivity (Wildman–Crippen MR) is 74.8 cm³/mol. The number of ether oxygens (including phenoxy) is 1. The highest BCUT2D eigenvalue weighted by molar-refractivity contribution is 5.89. The molecule has 2 aromatic rings. The zero-order valence-corrected chi connectivity index (χ0v) is 11.1. The summed E-state index contributed by atoms with van der Waals surface area (Å²) in [7, 11) is 0. The number of hydrogen-bond donors (Lipinski definition) is 2. The van der Waals surface area contributed by atoms with E-state index in [9.17, 15) is 4.79 Å². The standard InChI is InChI=1S/C15H16O5/c1-2-4-12-10(7-8-16)11-5-3-6-13(15(11)20-12)19-9-14(17)18/h2-6,16H,7-9H2,1H3,(H,17,18)/b4-2-. The minimum Gasteiger partial charge on any atom is -0.479 e. The molecule has 0 bridgehead atoms. The number of aliphatic hydroxyl groups excluding tert-OH is 1. The molecule has 2 rings (SSSR count). The normalized spacial score (nSPS) is 11.3. The van der Waals surface area contributed by atoms with Crippen molar-refractivity contribution in [1.82, 2.24) is 0 Å². The molecule has 5 nitrogen and oxygen atoms in total. The Bertz CT molecular complexity index is 639. The molecule has 0 radical (unpaired) electrons. The summed E-state index contributed by atoms with van der Waals surface area (Å²) < 4.78 is 11.0. The molecule has 106 valence electrons. The second kappa shape index (κ2) is 6.25. The van der Waals surface area contributed by atoms with Gasteiger partial charge in [0.15, 0.2) is 17.9 Å². The van der Waals surface area contributed by atoms with Crippen molar-refractivity contribution in [3.8, 4) is 5.75 Å². The molecule has 0 saturated heterocycles. The van der Waals surface area contributed by atoms with Crippen LogP contribution in [0.25, 0.3) is 17.0 Å². The van der Waals surface area contributed by atoms with Crippen molar-refractivity contribution in [2.24, 2.45) is 0 Å². The van der Waals surface area contributed by atoms with E-state index in [2.05, 4.69) is 0 Å². The molecule has 0 fully saturated rings. The molecular formula is C15H16O5. The number of furan rings is 1. The summed E-state index contributed by atoms with van der Waals surface area (Å²) in [5.41, 5.74) is 1.40. The van der Waals surface area contributed by atoms with E-state index in [0.717, 1.165) is 10.9 Å². The zero-order valence-electron chi connectivity index (χ0n) is 11.1. The van der Waals surface area contributed by atoms with Crippen molar-refractivity contribution in [1.29, 1.82) is 0 Å². The molecule has 1 aromatic heterocycles.